The van der Waals surface area contributed by atoms with Crippen molar-refractivity contribution in [3.05, 3.63) is 102 Å². The third kappa shape index (κ3) is 6.23. The molecule has 0 saturated carbocycles. The summed E-state index contributed by atoms with van der Waals surface area (Å²) in [6, 6.07) is 23.4. The minimum atomic E-state index is -0.988. The average Bonchev–Trinajstić information content (AvgIpc) is 3.75. The van der Waals surface area contributed by atoms with Crippen LogP contribution in [0.15, 0.2) is 83.3 Å². The molecule has 1 aliphatic heterocycles. The van der Waals surface area contributed by atoms with Gasteiger partial charge in [-0.15, -0.1) is 0 Å². The number of hydrogen-bond donors (Lipinski definition) is 2. The van der Waals surface area contributed by atoms with Gasteiger partial charge in [-0.3, -0.25) is 9.59 Å². The highest BCUT2D eigenvalue weighted by Crippen LogP contribution is 2.29. The highest BCUT2D eigenvalue weighted by molar-refractivity contribution is 5.97. The molecular formula is C31H33N3O5. The Morgan fingerprint density at radius 1 is 1.05 bits per heavy atom. The molecular weight excluding hydrogens is 494 g/mol. The standard InChI is InChI=1S/C31H33N3O5/c1-21-10-17-28(39-21)29(30(35)32-19-25-9-6-18-38-25)34(20-22-11-13-24(37-2)14-12-22)31(36)27-16-15-26(33-27)23-7-4-3-5-8-23/h3-5,7-8,10-17,25,29,33H,6,9,18-20H2,1-2H3,(H,32,35)/t25-,29+/m0/s1. The fourth-order valence-electron chi connectivity index (χ4n) is 4.81. The molecule has 0 spiro atoms. The van der Waals surface area contributed by atoms with E-state index in [0.717, 1.165) is 29.7 Å². The number of benzene rings is 2. The number of aromatic nitrogens is 1. The van der Waals surface area contributed by atoms with Crippen molar-refractivity contribution >= 4 is 11.8 Å². The zero-order valence-electron chi connectivity index (χ0n) is 22.2. The summed E-state index contributed by atoms with van der Waals surface area (Å²) in [7, 11) is 1.61. The van der Waals surface area contributed by atoms with Crippen LogP contribution < -0.4 is 10.1 Å². The van der Waals surface area contributed by atoms with Gasteiger partial charge in [-0.1, -0.05) is 42.5 Å². The lowest BCUT2D eigenvalue weighted by molar-refractivity contribution is -0.127. The quantitative estimate of drug-likeness (QED) is 0.293. The van der Waals surface area contributed by atoms with Crippen LogP contribution in [0, 0.1) is 6.92 Å². The van der Waals surface area contributed by atoms with E-state index in [1.165, 1.54) is 0 Å². The Bertz CT molecular complexity index is 1390. The number of carbonyl (C=O) groups excluding carboxylic acids is 2. The highest BCUT2D eigenvalue weighted by Gasteiger charge is 2.35. The second-order valence-corrected chi connectivity index (χ2v) is 9.66. The molecule has 39 heavy (non-hydrogen) atoms. The Morgan fingerprint density at radius 3 is 2.51 bits per heavy atom. The van der Waals surface area contributed by atoms with Crippen LogP contribution in [0.2, 0.25) is 0 Å². The van der Waals surface area contributed by atoms with E-state index in [1.54, 1.807) is 30.2 Å². The first-order valence-corrected chi connectivity index (χ1v) is 13.2. The van der Waals surface area contributed by atoms with Gasteiger partial charge in [0.15, 0.2) is 6.04 Å². The minimum Gasteiger partial charge on any atom is -0.497 e. The molecule has 202 valence electrons. The van der Waals surface area contributed by atoms with E-state index in [1.807, 2.05) is 67.6 Å². The molecule has 5 rings (SSSR count). The number of ether oxygens (including phenoxy) is 2. The minimum absolute atomic E-state index is 0.0319. The summed E-state index contributed by atoms with van der Waals surface area (Å²) in [5.41, 5.74) is 3.00. The molecule has 3 heterocycles. The van der Waals surface area contributed by atoms with Gasteiger partial charge in [0.2, 0.25) is 0 Å². The summed E-state index contributed by atoms with van der Waals surface area (Å²) in [5.74, 6) is 1.12. The molecule has 2 aromatic carbocycles. The number of aryl methyl sites for hydroxylation is 1. The Morgan fingerprint density at radius 2 is 1.85 bits per heavy atom. The predicted molar refractivity (Wildman–Crippen MR) is 147 cm³/mol. The molecule has 0 radical (unpaired) electrons. The maximum absolute atomic E-state index is 14.1. The monoisotopic (exact) mass is 527 g/mol. The van der Waals surface area contributed by atoms with Crippen LogP contribution in [0.25, 0.3) is 11.3 Å². The number of carbonyl (C=O) groups is 2. The number of nitrogens with one attached hydrogen (secondary N) is 2. The van der Waals surface area contributed by atoms with E-state index >= 15 is 0 Å². The summed E-state index contributed by atoms with van der Waals surface area (Å²) in [4.78, 5) is 32.7. The van der Waals surface area contributed by atoms with Gasteiger partial charge in [0.1, 0.15) is 23.0 Å². The first kappa shape index (κ1) is 26.3. The Labute approximate surface area is 227 Å². The van der Waals surface area contributed by atoms with Crippen molar-refractivity contribution in [2.24, 2.45) is 0 Å². The van der Waals surface area contributed by atoms with Crippen LogP contribution >= 0.6 is 0 Å². The van der Waals surface area contributed by atoms with Crippen molar-refractivity contribution in [1.82, 2.24) is 15.2 Å². The van der Waals surface area contributed by atoms with Crippen LogP contribution in [0.3, 0.4) is 0 Å². The van der Waals surface area contributed by atoms with Gasteiger partial charge < -0.3 is 29.1 Å². The maximum atomic E-state index is 14.1. The Balaban J connectivity index is 1.49. The zero-order valence-corrected chi connectivity index (χ0v) is 22.2. The molecule has 4 aromatic rings. The summed E-state index contributed by atoms with van der Waals surface area (Å²) in [6.45, 7) is 3.07. The SMILES string of the molecule is COc1ccc(CN(C(=O)c2ccc(-c3ccccc3)[nH]2)[C@@H](C(=O)NC[C@@H]2CCCO2)c2ccc(C)o2)cc1. The first-order chi connectivity index (χ1) is 19.0. The number of rotatable bonds is 10. The van der Waals surface area contributed by atoms with Gasteiger partial charge in [0, 0.05) is 25.4 Å². The molecule has 1 fully saturated rings. The maximum Gasteiger partial charge on any atom is 0.271 e. The van der Waals surface area contributed by atoms with Crippen LogP contribution in [-0.4, -0.2) is 48.1 Å². The average molecular weight is 528 g/mol. The lowest BCUT2D eigenvalue weighted by Crippen LogP contribution is -2.45. The van der Waals surface area contributed by atoms with E-state index in [9.17, 15) is 9.59 Å². The topological polar surface area (TPSA) is 96.8 Å². The summed E-state index contributed by atoms with van der Waals surface area (Å²) in [6.07, 6.45) is 1.83. The zero-order chi connectivity index (χ0) is 27.2. The van der Waals surface area contributed by atoms with Crippen LogP contribution in [0.1, 0.15) is 46.5 Å². The number of amides is 2. The number of aromatic amines is 1. The molecule has 0 aliphatic carbocycles. The van der Waals surface area contributed by atoms with Crippen molar-refractivity contribution in [2.45, 2.75) is 38.5 Å². The van der Waals surface area contributed by atoms with Crippen molar-refractivity contribution in [3.63, 3.8) is 0 Å². The van der Waals surface area contributed by atoms with E-state index in [4.69, 9.17) is 13.9 Å². The van der Waals surface area contributed by atoms with E-state index < -0.39 is 6.04 Å². The van der Waals surface area contributed by atoms with Crippen LogP contribution in [-0.2, 0) is 16.1 Å². The van der Waals surface area contributed by atoms with Gasteiger partial charge in [0.05, 0.1) is 13.2 Å². The van der Waals surface area contributed by atoms with Crippen molar-refractivity contribution in [2.75, 3.05) is 20.3 Å². The first-order valence-electron chi connectivity index (χ1n) is 13.2. The summed E-state index contributed by atoms with van der Waals surface area (Å²) in [5, 5.41) is 3.01. The number of H-pyrrole nitrogens is 1. The largest absolute Gasteiger partial charge is 0.497 e. The van der Waals surface area contributed by atoms with Crippen molar-refractivity contribution in [3.8, 4) is 17.0 Å². The van der Waals surface area contributed by atoms with E-state index in [0.29, 0.717) is 36.1 Å². The number of hydrogen-bond acceptors (Lipinski definition) is 5. The predicted octanol–water partition coefficient (Wildman–Crippen LogP) is 5.27. The van der Waals surface area contributed by atoms with Gasteiger partial charge in [-0.05, 0) is 67.3 Å². The third-order valence-electron chi connectivity index (χ3n) is 6.89. The van der Waals surface area contributed by atoms with Crippen LogP contribution in [0.4, 0.5) is 0 Å². The molecule has 8 heteroatoms. The fourth-order valence-corrected chi connectivity index (χ4v) is 4.81. The van der Waals surface area contributed by atoms with Gasteiger partial charge >= 0.3 is 0 Å². The molecule has 0 unspecified atom stereocenters. The van der Waals surface area contributed by atoms with E-state index in [2.05, 4.69) is 10.3 Å². The van der Waals surface area contributed by atoms with Gasteiger partial charge in [0.25, 0.3) is 11.8 Å². The molecule has 8 nitrogen and oxygen atoms in total. The Hall–Kier alpha value is -4.30. The molecule has 2 amide bonds. The molecule has 1 saturated heterocycles. The second kappa shape index (κ2) is 12.0. The highest BCUT2D eigenvalue weighted by atomic mass is 16.5. The molecule has 2 atom stereocenters. The van der Waals surface area contributed by atoms with E-state index in [-0.39, 0.29) is 24.5 Å². The van der Waals surface area contributed by atoms with Crippen molar-refractivity contribution < 1.29 is 23.5 Å². The van der Waals surface area contributed by atoms with Crippen LogP contribution in [0.5, 0.6) is 5.75 Å². The number of methoxy groups -OCH3 is 1. The third-order valence-corrected chi connectivity index (χ3v) is 6.89. The molecule has 2 N–H and O–H groups in total. The molecule has 0 bridgehead atoms. The lowest BCUT2D eigenvalue weighted by atomic mass is 10.1. The lowest BCUT2D eigenvalue weighted by Gasteiger charge is -2.30. The molecule has 1 aliphatic rings. The number of furan rings is 1. The van der Waals surface area contributed by atoms with Gasteiger partial charge in [-0.2, -0.15) is 0 Å². The van der Waals surface area contributed by atoms with Crippen molar-refractivity contribution in [1.29, 1.82) is 0 Å². The summed E-state index contributed by atoms with van der Waals surface area (Å²) < 4.78 is 16.9. The normalized spacial score (nSPS) is 15.6. The molecule has 2 aromatic heterocycles. The fraction of sp³-hybridized carbons (Fsp3) is 0.290. The second-order valence-electron chi connectivity index (χ2n) is 9.66. The Kier molecular flexibility index (Phi) is 8.13. The summed E-state index contributed by atoms with van der Waals surface area (Å²) >= 11 is 0. The van der Waals surface area contributed by atoms with Gasteiger partial charge in [-0.25, -0.2) is 0 Å². The number of nitrogens with zero attached hydrogens (tertiary/aromatic N) is 1. The smallest absolute Gasteiger partial charge is 0.271 e.